The summed E-state index contributed by atoms with van der Waals surface area (Å²) in [6, 6.07) is 18.4. The molecule has 2 aromatic carbocycles. The van der Waals surface area contributed by atoms with Crippen LogP contribution < -0.4 is 10.9 Å². The maximum absolute atomic E-state index is 13.3. The summed E-state index contributed by atoms with van der Waals surface area (Å²) in [6.45, 7) is 4.63. The molecule has 2 N–H and O–H groups in total. The zero-order chi connectivity index (χ0) is 20.4. The number of fused-ring (bicyclic) bond motifs is 1. The number of nitrogens with zero attached hydrogens (tertiary/aromatic N) is 1. The second-order valence-corrected chi connectivity index (χ2v) is 8.39. The number of nitrogens with one attached hydrogen (secondary N) is 2. The summed E-state index contributed by atoms with van der Waals surface area (Å²) in [5.74, 6) is 0.638. The highest BCUT2D eigenvalue weighted by Gasteiger charge is 2.17. The number of thiophene rings is 1. The Morgan fingerprint density at radius 2 is 1.83 bits per heavy atom. The Morgan fingerprint density at radius 1 is 1.10 bits per heavy atom. The molecule has 0 saturated heterocycles. The number of rotatable bonds is 6. The van der Waals surface area contributed by atoms with Crippen LogP contribution in [0.1, 0.15) is 31.3 Å². The summed E-state index contributed by atoms with van der Waals surface area (Å²) in [6.07, 6.45) is 0. The van der Waals surface area contributed by atoms with Gasteiger partial charge in [0.25, 0.3) is 5.56 Å². The fourth-order valence-corrected chi connectivity index (χ4v) is 4.48. The van der Waals surface area contributed by atoms with Gasteiger partial charge in [0.1, 0.15) is 16.5 Å². The molecule has 0 saturated carbocycles. The van der Waals surface area contributed by atoms with E-state index in [9.17, 15) is 9.18 Å². The number of benzene rings is 2. The number of aromatic amines is 1. The zero-order valence-corrected chi connectivity index (χ0v) is 17.1. The minimum atomic E-state index is -0.250. The van der Waals surface area contributed by atoms with Crippen LogP contribution in [0.3, 0.4) is 0 Å². The molecule has 29 heavy (non-hydrogen) atoms. The molecular weight excluding hydrogens is 385 g/mol. The summed E-state index contributed by atoms with van der Waals surface area (Å²) in [5, 5.41) is 4.06. The van der Waals surface area contributed by atoms with Gasteiger partial charge in [0.2, 0.25) is 0 Å². The SMILES string of the molecule is CC(C)[C@H](NCc1nc2sc(-c3ccccc3)cc2c(=O)[nH]1)c1ccc(F)cc1. The van der Waals surface area contributed by atoms with Crippen molar-refractivity contribution in [2.75, 3.05) is 0 Å². The third-order valence-electron chi connectivity index (χ3n) is 4.89. The van der Waals surface area contributed by atoms with Gasteiger partial charge in [-0.15, -0.1) is 11.3 Å². The molecule has 0 fully saturated rings. The largest absolute Gasteiger partial charge is 0.309 e. The minimum Gasteiger partial charge on any atom is -0.309 e. The van der Waals surface area contributed by atoms with Crippen molar-refractivity contribution in [1.29, 1.82) is 0 Å². The van der Waals surface area contributed by atoms with Gasteiger partial charge in [-0.25, -0.2) is 9.37 Å². The summed E-state index contributed by atoms with van der Waals surface area (Å²) >= 11 is 1.52. The monoisotopic (exact) mass is 407 g/mol. The van der Waals surface area contributed by atoms with Gasteiger partial charge in [-0.3, -0.25) is 4.79 Å². The number of halogens is 1. The van der Waals surface area contributed by atoms with Crippen LogP contribution in [-0.2, 0) is 6.54 Å². The molecule has 0 radical (unpaired) electrons. The van der Waals surface area contributed by atoms with E-state index in [0.29, 0.717) is 23.7 Å². The first-order valence-electron chi connectivity index (χ1n) is 9.58. The van der Waals surface area contributed by atoms with Crippen molar-refractivity contribution >= 4 is 21.6 Å². The molecule has 4 nitrogen and oxygen atoms in total. The molecule has 0 bridgehead atoms. The van der Waals surface area contributed by atoms with Gasteiger partial charge in [0.15, 0.2) is 0 Å². The van der Waals surface area contributed by atoms with Crippen LogP contribution in [0.2, 0.25) is 0 Å². The Kier molecular flexibility index (Phi) is 5.56. The van der Waals surface area contributed by atoms with E-state index in [-0.39, 0.29) is 17.4 Å². The van der Waals surface area contributed by atoms with Crippen molar-refractivity contribution in [3.63, 3.8) is 0 Å². The van der Waals surface area contributed by atoms with E-state index in [1.807, 2.05) is 36.4 Å². The Morgan fingerprint density at radius 3 is 2.52 bits per heavy atom. The summed E-state index contributed by atoms with van der Waals surface area (Å²) in [5.41, 5.74) is 1.95. The Bertz CT molecular complexity index is 1170. The fraction of sp³-hybridized carbons (Fsp3) is 0.217. The summed E-state index contributed by atoms with van der Waals surface area (Å²) in [4.78, 5) is 21.9. The van der Waals surface area contributed by atoms with Crippen molar-refractivity contribution in [2.45, 2.75) is 26.4 Å². The lowest BCUT2D eigenvalue weighted by Crippen LogP contribution is -2.27. The Balaban J connectivity index is 1.59. The molecule has 0 aliphatic carbocycles. The molecular formula is C23H22FN3OS. The van der Waals surface area contributed by atoms with Gasteiger partial charge in [-0.1, -0.05) is 56.3 Å². The molecule has 0 aliphatic heterocycles. The van der Waals surface area contributed by atoms with Crippen LogP contribution in [0.5, 0.6) is 0 Å². The van der Waals surface area contributed by atoms with E-state index in [0.717, 1.165) is 20.8 Å². The third-order valence-corrected chi connectivity index (χ3v) is 5.97. The third kappa shape index (κ3) is 4.28. The van der Waals surface area contributed by atoms with Crippen molar-refractivity contribution in [2.24, 2.45) is 5.92 Å². The van der Waals surface area contributed by atoms with E-state index in [1.54, 1.807) is 12.1 Å². The van der Waals surface area contributed by atoms with Gasteiger partial charge in [-0.05, 0) is 35.2 Å². The predicted molar refractivity (Wildman–Crippen MR) is 116 cm³/mol. The molecule has 4 aromatic rings. The molecule has 2 heterocycles. The number of hydrogen-bond acceptors (Lipinski definition) is 4. The van der Waals surface area contributed by atoms with Gasteiger partial charge >= 0.3 is 0 Å². The molecule has 0 aliphatic rings. The van der Waals surface area contributed by atoms with Gasteiger partial charge < -0.3 is 10.3 Å². The Hall–Kier alpha value is -2.83. The lowest BCUT2D eigenvalue weighted by Gasteiger charge is -2.22. The van der Waals surface area contributed by atoms with Crippen LogP contribution >= 0.6 is 11.3 Å². The lowest BCUT2D eigenvalue weighted by molar-refractivity contribution is 0.405. The summed E-state index contributed by atoms with van der Waals surface area (Å²) < 4.78 is 13.3. The highest BCUT2D eigenvalue weighted by atomic mass is 32.1. The Labute approximate surface area is 172 Å². The molecule has 0 spiro atoms. The first-order valence-corrected chi connectivity index (χ1v) is 10.4. The topological polar surface area (TPSA) is 57.8 Å². The molecule has 6 heteroatoms. The standard InChI is InChI=1S/C23H22FN3OS/c1-14(2)21(16-8-10-17(24)11-9-16)25-13-20-26-22(28)18-12-19(29-23(18)27-20)15-6-4-3-5-7-15/h3-12,14,21,25H,13H2,1-2H3,(H,26,27,28)/t21-/m0/s1. The van der Waals surface area contributed by atoms with E-state index in [2.05, 4.69) is 29.1 Å². The van der Waals surface area contributed by atoms with Crippen LogP contribution in [0.4, 0.5) is 4.39 Å². The van der Waals surface area contributed by atoms with Gasteiger partial charge in [-0.2, -0.15) is 0 Å². The highest BCUT2D eigenvalue weighted by Crippen LogP contribution is 2.30. The van der Waals surface area contributed by atoms with Crippen LogP contribution in [0.15, 0.2) is 65.5 Å². The quantitative estimate of drug-likeness (QED) is 0.457. The number of hydrogen-bond donors (Lipinski definition) is 2. The molecule has 148 valence electrons. The van der Waals surface area contributed by atoms with Crippen molar-refractivity contribution < 1.29 is 4.39 Å². The zero-order valence-electron chi connectivity index (χ0n) is 16.3. The van der Waals surface area contributed by atoms with Crippen molar-refractivity contribution in [3.05, 3.63) is 88.2 Å². The second-order valence-electron chi connectivity index (χ2n) is 7.36. The molecule has 0 unspecified atom stereocenters. The van der Waals surface area contributed by atoms with Crippen LogP contribution in [0.25, 0.3) is 20.7 Å². The number of aromatic nitrogens is 2. The molecule has 2 aromatic heterocycles. The van der Waals surface area contributed by atoms with E-state index in [1.165, 1.54) is 23.5 Å². The normalized spacial score (nSPS) is 12.6. The molecule has 4 rings (SSSR count). The lowest BCUT2D eigenvalue weighted by atomic mass is 9.96. The summed E-state index contributed by atoms with van der Waals surface area (Å²) in [7, 11) is 0. The fourth-order valence-electron chi connectivity index (χ4n) is 3.42. The van der Waals surface area contributed by atoms with Crippen LogP contribution in [-0.4, -0.2) is 9.97 Å². The van der Waals surface area contributed by atoms with E-state index < -0.39 is 0 Å². The average molecular weight is 408 g/mol. The van der Waals surface area contributed by atoms with Crippen LogP contribution in [0, 0.1) is 11.7 Å². The minimum absolute atomic E-state index is 0.0276. The smallest absolute Gasteiger partial charge is 0.259 e. The predicted octanol–water partition coefficient (Wildman–Crippen LogP) is 5.28. The second kappa shape index (κ2) is 8.27. The average Bonchev–Trinajstić information content (AvgIpc) is 3.15. The van der Waals surface area contributed by atoms with Crippen molar-refractivity contribution in [3.8, 4) is 10.4 Å². The maximum Gasteiger partial charge on any atom is 0.259 e. The highest BCUT2D eigenvalue weighted by molar-refractivity contribution is 7.21. The van der Waals surface area contributed by atoms with Crippen molar-refractivity contribution in [1.82, 2.24) is 15.3 Å². The van der Waals surface area contributed by atoms with Gasteiger partial charge in [0, 0.05) is 10.9 Å². The van der Waals surface area contributed by atoms with Gasteiger partial charge in [0.05, 0.1) is 11.9 Å². The molecule has 1 atom stereocenters. The van der Waals surface area contributed by atoms with E-state index in [4.69, 9.17) is 0 Å². The first-order chi connectivity index (χ1) is 14.0. The number of H-pyrrole nitrogens is 1. The van der Waals surface area contributed by atoms with E-state index >= 15 is 0 Å². The first kappa shape index (κ1) is 19.5. The maximum atomic E-state index is 13.3. The molecule has 0 amide bonds.